The molecular weight excluding hydrogens is 490 g/mol. The summed E-state index contributed by atoms with van der Waals surface area (Å²) in [6.45, 7) is 8.76. The lowest BCUT2D eigenvalue weighted by Crippen LogP contribution is -2.46. The molecule has 0 atom stereocenters. The molecule has 0 aliphatic carbocycles. The van der Waals surface area contributed by atoms with Gasteiger partial charge in [0.05, 0.1) is 18.2 Å². The summed E-state index contributed by atoms with van der Waals surface area (Å²) in [6.07, 6.45) is 3.85. The van der Waals surface area contributed by atoms with Gasteiger partial charge in [-0.2, -0.15) is 0 Å². The molecule has 0 saturated carbocycles. The van der Waals surface area contributed by atoms with Gasteiger partial charge >= 0.3 is 0 Å². The van der Waals surface area contributed by atoms with E-state index in [4.69, 9.17) is 9.47 Å². The molecule has 0 amide bonds. The molecular formula is C32H33N3O4. The Kier molecular flexibility index (Phi) is 6.53. The molecule has 4 aromatic rings. The summed E-state index contributed by atoms with van der Waals surface area (Å²) < 4.78 is 13.9. The number of aromatic nitrogens is 1. The van der Waals surface area contributed by atoms with Gasteiger partial charge in [-0.15, -0.1) is 0 Å². The van der Waals surface area contributed by atoms with E-state index in [-0.39, 0.29) is 17.3 Å². The Balaban J connectivity index is 1.29. The van der Waals surface area contributed by atoms with Gasteiger partial charge in [0.15, 0.2) is 5.76 Å². The summed E-state index contributed by atoms with van der Waals surface area (Å²) in [4.78, 5) is 18.3. The normalized spacial score (nSPS) is 16.6. The minimum atomic E-state index is -0.155. The maximum absolute atomic E-state index is 13.6. The number of allylic oxidation sites excluding steroid dienone is 1. The topological polar surface area (TPSA) is 67.2 Å². The summed E-state index contributed by atoms with van der Waals surface area (Å²) in [5.74, 6) is 1.52. The molecule has 0 unspecified atom stereocenters. The molecule has 1 N–H and O–H groups in total. The van der Waals surface area contributed by atoms with Crippen molar-refractivity contribution >= 4 is 28.4 Å². The number of ketones is 1. The van der Waals surface area contributed by atoms with Gasteiger partial charge < -0.3 is 24.0 Å². The second-order valence-electron chi connectivity index (χ2n) is 10.2. The number of hydrogen-bond acceptors (Lipinski definition) is 6. The lowest BCUT2D eigenvalue weighted by atomic mass is 9.99. The molecule has 200 valence electrons. The molecule has 0 bridgehead atoms. The van der Waals surface area contributed by atoms with Crippen LogP contribution in [0, 0.1) is 6.92 Å². The number of Topliss-reactive ketones (excluding diaryl/α,β-unsaturated/α-hetero) is 1. The van der Waals surface area contributed by atoms with Crippen LogP contribution in [0.1, 0.15) is 34.0 Å². The number of phenols is 1. The van der Waals surface area contributed by atoms with E-state index in [9.17, 15) is 9.90 Å². The minimum Gasteiger partial charge on any atom is -0.507 e. The van der Waals surface area contributed by atoms with Crippen LogP contribution in [-0.4, -0.2) is 53.6 Å². The Morgan fingerprint density at radius 1 is 1.05 bits per heavy atom. The van der Waals surface area contributed by atoms with Gasteiger partial charge in [-0.1, -0.05) is 18.2 Å². The Labute approximate surface area is 228 Å². The fraction of sp³-hybridized carbons (Fsp3) is 0.281. The lowest BCUT2D eigenvalue weighted by molar-refractivity contribution is 0.101. The Morgan fingerprint density at radius 3 is 2.54 bits per heavy atom. The van der Waals surface area contributed by atoms with Crippen molar-refractivity contribution in [2.45, 2.75) is 26.9 Å². The standard InChI is InChI=1S/C32H33N3O4/c1-4-34-19-22(25-18-24(38-3)10-11-27(25)34)17-29-31(37)30-21(2)16-28(36)26(32(30)39-29)20-33-12-14-35(15-13-33)23-8-6-5-7-9-23/h5-11,16-19,36H,4,12-15,20H2,1-3H3/b29-17+. The molecule has 1 aromatic heterocycles. The van der Waals surface area contributed by atoms with E-state index in [2.05, 4.69) is 45.6 Å². The van der Waals surface area contributed by atoms with Crippen molar-refractivity contribution in [1.82, 2.24) is 9.47 Å². The van der Waals surface area contributed by atoms with Crippen LogP contribution >= 0.6 is 0 Å². The number of para-hydroxylation sites is 1. The van der Waals surface area contributed by atoms with E-state index >= 15 is 0 Å². The summed E-state index contributed by atoms with van der Waals surface area (Å²) >= 11 is 0. The second kappa shape index (κ2) is 10.2. The molecule has 1 fully saturated rings. The first-order valence-electron chi connectivity index (χ1n) is 13.5. The number of aromatic hydroxyl groups is 1. The zero-order valence-electron chi connectivity index (χ0n) is 22.6. The lowest BCUT2D eigenvalue weighted by Gasteiger charge is -2.36. The molecule has 0 spiro atoms. The molecule has 2 aliphatic rings. The van der Waals surface area contributed by atoms with Crippen molar-refractivity contribution in [1.29, 1.82) is 0 Å². The summed E-state index contributed by atoms with van der Waals surface area (Å²) in [7, 11) is 1.65. The first-order valence-corrected chi connectivity index (χ1v) is 13.5. The molecule has 6 rings (SSSR count). The highest BCUT2D eigenvalue weighted by molar-refractivity contribution is 6.16. The average molecular weight is 524 g/mol. The third-order valence-electron chi connectivity index (χ3n) is 7.84. The van der Waals surface area contributed by atoms with Gasteiger partial charge in [0.1, 0.15) is 17.2 Å². The van der Waals surface area contributed by atoms with Crippen LogP contribution in [0.5, 0.6) is 17.2 Å². The minimum absolute atomic E-state index is 0.155. The molecule has 1 saturated heterocycles. The molecule has 0 radical (unpaired) electrons. The molecule has 39 heavy (non-hydrogen) atoms. The van der Waals surface area contributed by atoms with Crippen molar-refractivity contribution < 1.29 is 19.4 Å². The smallest absolute Gasteiger partial charge is 0.232 e. The fourth-order valence-corrected chi connectivity index (χ4v) is 5.71. The number of nitrogens with zero attached hydrogens (tertiary/aromatic N) is 3. The van der Waals surface area contributed by atoms with Gasteiger partial charge in [0.25, 0.3) is 0 Å². The summed E-state index contributed by atoms with van der Waals surface area (Å²) in [5, 5.41) is 11.9. The maximum Gasteiger partial charge on any atom is 0.232 e. The number of methoxy groups -OCH3 is 1. The first kappa shape index (κ1) is 25.1. The number of aryl methyl sites for hydroxylation is 2. The average Bonchev–Trinajstić information content (AvgIpc) is 3.48. The Bertz CT molecular complexity index is 1580. The second-order valence-corrected chi connectivity index (χ2v) is 10.2. The summed E-state index contributed by atoms with van der Waals surface area (Å²) in [6, 6.07) is 18.1. The van der Waals surface area contributed by atoms with Crippen LogP contribution in [0.2, 0.25) is 0 Å². The highest BCUT2D eigenvalue weighted by atomic mass is 16.5. The predicted octanol–water partition coefficient (Wildman–Crippen LogP) is 5.62. The first-order chi connectivity index (χ1) is 19.0. The zero-order valence-corrected chi connectivity index (χ0v) is 22.6. The number of phenolic OH excluding ortho intramolecular Hbond substituents is 1. The molecule has 7 heteroatoms. The zero-order chi connectivity index (χ0) is 27.1. The Hall–Kier alpha value is -4.23. The number of ether oxygens (including phenoxy) is 2. The number of carbonyl (C=O) groups is 1. The summed E-state index contributed by atoms with van der Waals surface area (Å²) in [5.41, 5.74) is 5.10. The number of fused-ring (bicyclic) bond motifs is 2. The van der Waals surface area contributed by atoms with Gasteiger partial charge in [0, 0.05) is 67.6 Å². The van der Waals surface area contributed by atoms with Gasteiger partial charge in [0.2, 0.25) is 5.78 Å². The largest absolute Gasteiger partial charge is 0.507 e. The van der Waals surface area contributed by atoms with Crippen molar-refractivity contribution in [2.75, 3.05) is 38.2 Å². The maximum atomic E-state index is 13.6. The predicted molar refractivity (Wildman–Crippen MR) is 154 cm³/mol. The van der Waals surface area contributed by atoms with Crippen LogP contribution in [0.25, 0.3) is 17.0 Å². The number of anilines is 1. The van der Waals surface area contributed by atoms with E-state index in [1.165, 1.54) is 5.69 Å². The van der Waals surface area contributed by atoms with Crippen LogP contribution < -0.4 is 14.4 Å². The van der Waals surface area contributed by atoms with E-state index in [1.807, 2.05) is 43.5 Å². The highest BCUT2D eigenvalue weighted by Crippen LogP contribution is 2.43. The van der Waals surface area contributed by atoms with Crippen LogP contribution in [0.15, 0.2) is 66.6 Å². The van der Waals surface area contributed by atoms with Crippen LogP contribution in [-0.2, 0) is 13.1 Å². The SMILES string of the molecule is CCn1cc(/C=C2/Oc3c(CN4CCN(c5ccccc5)CC4)c(O)cc(C)c3C2=O)c2cc(OC)ccc21. The van der Waals surface area contributed by atoms with Crippen molar-refractivity contribution in [2.24, 2.45) is 0 Å². The van der Waals surface area contributed by atoms with E-state index < -0.39 is 0 Å². The monoisotopic (exact) mass is 523 g/mol. The quantitative estimate of drug-likeness (QED) is 0.331. The number of rotatable bonds is 6. The number of carbonyl (C=O) groups excluding carboxylic acids is 1. The van der Waals surface area contributed by atoms with E-state index in [0.717, 1.165) is 54.9 Å². The molecule has 7 nitrogen and oxygen atoms in total. The fourth-order valence-electron chi connectivity index (χ4n) is 5.71. The third kappa shape index (κ3) is 4.53. The van der Waals surface area contributed by atoms with E-state index in [0.29, 0.717) is 29.0 Å². The van der Waals surface area contributed by atoms with Crippen molar-refractivity contribution in [3.8, 4) is 17.2 Å². The number of benzene rings is 3. The van der Waals surface area contributed by atoms with Crippen molar-refractivity contribution in [3.63, 3.8) is 0 Å². The number of piperazine rings is 1. The van der Waals surface area contributed by atoms with Crippen LogP contribution in [0.4, 0.5) is 5.69 Å². The molecule has 3 heterocycles. The Morgan fingerprint density at radius 2 is 1.82 bits per heavy atom. The molecule has 3 aromatic carbocycles. The highest BCUT2D eigenvalue weighted by Gasteiger charge is 2.34. The van der Waals surface area contributed by atoms with Gasteiger partial charge in [-0.05, 0) is 61.9 Å². The molecule has 2 aliphatic heterocycles. The van der Waals surface area contributed by atoms with E-state index in [1.54, 1.807) is 13.2 Å². The van der Waals surface area contributed by atoms with Crippen molar-refractivity contribution in [3.05, 3.63) is 88.8 Å². The van der Waals surface area contributed by atoms with Gasteiger partial charge in [-0.3, -0.25) is 9.69 Å². The number of hydrogen-bond donors (Lipinski definition) is 1. The van der Waals surface area contributed by atoms with Crippen LogP contribution in [0.3, 0.4) is 0 Å². The third-order valence-corrected chi connectivity index (χ3v) is 7.84. The van der Waals surface area contributed by atoms with Gasteiger partial charge in [-0.25, -0.2) is 0 Å².